The molecule has 0 amide bonds. The predicted octanol–water partition coefficient (Wildman–Crippen LogP) is 4.31. The third kappa shape index (κ3) is 2.33. The molecule has 0 spiro atoms. The second-order valence-corrected chi connectivity index (χ2v) is 7.05. The minimum atomic E-state index is 0.488. The van der Waals surface area contributed by atoms with Crippen LogP contribution in [-0.2, 0) is 0 Å². The average Bonchev–Trinajstić information content (AvgIpc) is 2.95. The van der Waals surface area contributed by atoms with Gasteiger partial charge in [-0.15, -0.1) is 11.3 Å². The van der Waals surface area contributed by atoms with Crippen molar-refractivity contribution < 1.29 is 0 Å². The lowest BCUT2D eigenvalue weighted by atomic mass is 10.1. The number of nitrogens with one attached hydrogen (secondary N) is 1. The number of anilines is 1. The molecule has 0 aliphatic rings. The Balaban J connectivity index is 2.19. The van der Waals surface area contributed by atoms with Gasteiger partial charge in [0.25, 0.3) is 0 Å². The van der Waals surface area contributed by atoms with Crippen molar-refractivity contribution in [2.75, 3.05) is 5.73 Å². The number of nitrogen functional groups attached to an aromatic ring is 1. The van der Waals surface area contributed by atoms with E-state index in [0.717, 1.165) is 30.0 Å². The number of H-pyrrole nitrogens is 1. The first-order chi connectivity index (χ1) is 9.16. The number of aromatic amines is 1. The van der Waals surface area contributed by atoms with Gasteiger partial charge in [-0.05, 0) is 55.6 Å². The Morgan fingerprint density at radius 3 is 2.58 bits per heavy atom. The molecule has 0 fully saturated rings. The molecule has 0 aliphatic heterocycles. The maximum atomic E-state index is 5.97. The third-order valence-electron chi connectivity index (χ3n) is 2.65. The molecule has 3 N–H and O–H groups in total. The first-order valence-corrected chi connectivity index (χ1v) is 7.76. The first kappa shape index (κ1) is 12.8. The molecule has 3 heterocycles. The number of nitrogens with two attached hydrogens (primary N) is 1. The van der Waals surface area contributed by atoms with Gasteiger partial charge in [-0.25, -0.2) is 0 Å². The van der Waals surface area contributed by atoms with E-state index in [1.165, 1.54) is 0 Å². The molecule has 0 saturated carbocycles. The van der Waals surface area contributed by atoms with Crippen LogP contribution in [0.2, 0.25) is 0 Å². The molecule has 0 saturated heterocycles. The number of thiophene rings is 1. The third-order valence-corrected chi connectivity index (χ3v) is 5.93. The second kappa shape index (κ2) is 5.07. The van der Waals surface area contributed by atoms with Gasteiger partial charge in [-0.3, -0.25) is 10.1 Å². The molecule has 3 rings (SSSR count). The fourth-order valence-corrected chi connectivity index (χ4v) is 3.85. The fourth-order valence-electron chi connectivity index (χ4n) is 1.81. The molecule has 0 aromatic carbocycles. The number of nitrogens with zero attached hydrogens (tertiary/aromatic N) is 2. The van der Waals surface area contributed by atoms with Crippen LogP contribution in [-0.4, -0.2) is 15.2 Å². The number of hydrogen-bond acceptors (Lipinski definition) is 4. The zero-order valence-corrected chi connectivity index (χ0v) is 13.5. The fraction of sp³-hybridized carbons (Fsp3) is 0. The summed E-state index contributed by atoms with van der Waals surface area (Å²) < 4.78 is 2.05. The van der Waals surface area contributed by atoms with Gasteiger partial charge in [0, 0.05) is 16.9 Å². The number of rotatable bonds is 2. The molecule has 7 heteroatoms. The van der Waals surface area contributed by atoms with Crippen molar-refractivity contribution in [1.82, 2.24) is 15.2 Å². The minimum Gasteiger partial charge on any atom is -0.382 e. The van der Waals surface area contributed by atoms with Gasteiger partial charge < -0.3 is 5.73 Å². The summed E-state index contributed by atoms with van der Waals surface area (Å²) in [4.78, 5) is 5.09. The molecule has 0 unspecified atom stereocenters. The molecule has 0 radical (unpaired) electrons. The van der Waals surface area contributed by atoms with Crippen LogP contribution in [0.5, 0.6) is 0 Å². The lowest BCUT2D eigenvalue weighted by molar-refractivity contribution is 1.11. The van der Waals surface area contributed by atoms with E-state index in [1.807, 2.05) is 18.2 Å². The summed E-state index contributed by atoms with van der Waals surface area (Å²) in [5, 5.41) is 7.12. The van der Waals surface area contributed by atoms with Crippen LogP contribution in [0.15, 0.2) is 38.9 Å². The van der Waals surface area contributed by atoms with Gasteiger partial charge in [0.05, 0.1) is 19.9 Å². The molecule has 0 atom stereocenters. The summed E-state index contributed by atoms with van der Waals surface area (Å²) >= 11 is 8.60. The second-order valence-electron chi connectivity index (χ2n) is 3.83. The van der Waals surface area contributed by atoms with Gasteiger partial charge in [0.15, 0.2) is 5.82 Å². The molecular weight excluding hydrogens is 392 g/mol. The summed E-state index contributed by atoms with van der Waals surface area (Å²) in [5.41, 5.74) is 8.79. The Kier molecular flexibility index (Phi) is 3.42. The molecule has 0 aliphatic carbocycles. The summed E-state index contributed by atoms with van der Waals surface area (Å²) in [6.45, 7) is 0. The molecule has 19 heavy (non-hydrogen) atoms. The van der Waals surface area contributed by atoms with Crippen LogP contribution in [0.1, 0.15) is 0 Å². The van der Waals surface area contributed by atoms with Crippen LogP contribution in [0.4, 0.5) is 5.82 Å². The lowest BCUT2D eigenvalue weighted by Crippen LogP contribution is -1.88. The van der Waals surface area contributed by atoms with Crippen molar-refractivity contribution in [2.24, 2.45) is 0 Å². The number of halogens is 2. The summed E-state index contributed by atoms with van der Waals surface area (Å²) in [7, 11) is 0. The Bertz CT molecular complexity index is 701. The Labute approximate surface area is 130 Å². The minimum absolute atomic E-state index is 0.488. The highest BCUT2D eigenvalue weighted by molar-refractivity contribution is 9.13. The van der Waals surface area contributed by atoms with Crippen LogP contribution in [0.3, 0.4) is 0 Å². The van der Waals surface area contributed by atoms with Crippen LogP contribution in [0.25, 0.3) is 21.7 Å². The summed E-state index contributed by atoms with van der Waals surface area (Å²) in [6, 6.07) is 5.87. The van der Waals surface area contributed by atoms with Crippen molar-refractivity contribution in [2.45, 2.75) is 0 Å². The molecule has 4 nitrogen and oxygen atoms in total. The maximum absolute atomic E-state index is 5.97. The Hall–Kier alpha value is -1.18. The normalized spacial score (nSPS) is 10.8. The molecule has 96 valence electrons. The van der Waals surface area contributed by atoms with Crippen LogP contribution >= 0.6 is 43.2 Å². The van der Waals surface area contributed by atoms with Crippen LogP contribution in [0, 0.1) is 0 Å². The number of pyridine rings is 1. The predicted molar refractivity (Wildman–Crippen MR) is 84.9 cm³/mol. The van der Waals surface area contributed by atoms with Crippen molar-refractivity contribution in [1.29, 1.82) is 0 Å². The highest BCUT2D eigenvalue weighted by Crippen LogP contribution is 2.42. The van der Waals surface area contributed by atoms with E-state index >= 15 is 0 Å². The van der Waals surface area contributed by atoms with Gasteiger partial charge in [-0.2, -0.15) is 5.10 Å². The van der Waals surface area contributed by atoms with Crippen molar-refractivity contribution in [3.05, 3.63) is 38.9 Å². The molecular formula is C12H8Br2N4S. The van der Waals surface area contributed by atoms with E-state index in [2.05, 4.69) is 47.0 Å². The summed E-state index contributed by atoms with van der Waals surface area (Å²) in [5.74, 6) is 0.488. The van der Waals surface area contributed by atoms with Gasteiger partial charge in [0.2, 0.25) is 0 Å². The largest absolute Gasteiger partial charge is 0.382 e. The van der Waals surface area contributed by atoms with E-state index in [9.17, 15) is 0 Å². The van der Waals surface area contributed by atoms with Crippen molar-refractivity contribution >= 4 is 49.0 Å². The van der Waals surface area contributed by atoms with E-state index in [1.54, 1.807) is 23.7 Å². The smallest absolute Gasteiger partial charge is 0.153 e. The average molecular weight is 400 g/mol. The van der Waals surface area contributed by atoms with E-state index in [-0.39, 0.29) is 0 Å². The molecule has 0 bridgehead atoms. The van der Waals surface area contributed by atoms with Gasteiger partial charge in [0.1, 0.15) is 0 Å². The lowest BCUT2D eigenvalue weighted by Gasteiger charge is -2.01. The van der Waals surface area contributed by atoms with E-state index in [0.29, 0.717) is 5.82 Å². The van der Waals surface area contributed by atoms with Gasteiger partial charge in [-0.1, -0.05) is 0 Å². The highest BCUT2D eigenvalue weighted by atomic mass is 79.9. The van der Waals surface area contributed by atoms with E-state index < -0.39 is 0 Å². The molecule has 3 aromatic rings. The van der Waals surface area contributed by atoms with E-state index in [4.69, 9.17) is 5.73 Å². The van der Waals surface area contributed by atoms with Crippen molar-refractivity contribution in [3.63, 3.8) is 0 Å². The van der Waals surface area contributed by atoms with Gasteiger partial charge >= 0.3 is 0 Å². The zero-order valence-electron chi connectivity index (χ0n) is 9.52. The number of hydrogen-bond donors (Lipinski definition) is 2. The topological polar surface area (TPSA) is 67.6 Å². The Morgan fingerprint density at radius 1 is 1.21 bits per heavy atom. The highest BCUT2D eigenvalue weighted by Gasteiger charge is 2.17. The van der Waals surface area contributed by atoms with Crippen molar-refractivity contribution in [3.8, 4) is 21.7 Å². The monoisotopic (exact) mass is 398 g/mol. The molecule has 3 aromatic heterocycles. The SMILES string of the molecule is Nc1n[nH]c(-c2cc(Br)c(Br)s2)c1-c1ccncc1. The Morgan fingerprint density at radius 2 is 1.95 bits per heavy atom. The quantitative estimate of drug-likeness (QED) is 0.674. The maximum Gasteiger partial charge on any atom is 0.153 e. The zero-order chi connectivity index (χ0) is 13.4. The number of aromatic nitrogens is 3. The first-order valence-electron chi connectivity index (χ1n) is 5.36. The summed E-state index contributed by atoms with van der Waals surface area (Å²) in [6.07, 6.45) is 3.48. The van der Waals surface area contributed by atoms with Crippen LogP contribution < -0.4 is 5.73 Å². The standard InChI is InChI=1S/C12H8Br2N4S/c13-7-5-8(19-11(7)14)10-9(12(15)18-17-10)6-1-3-16-4-2-6/h1-5H,(H3,15,17,18).